The second kappa shape index (κ2) is 7.46. The van der Waals surface area contributed by atoms with Crippen LogP contribution in [0.3, 0.4) is 0 Å². The van der Waals surface area contributed by atoms with Crippen LogP contribution in [0.15, 0.2) is 0 Å². The fraction of sp³-hybridized carbons (Fsp3) is 1.00. The third-order valence-electron chi connectivity index (χ3n) is 3.51. The summed E-state index contributed by atoms with van der Waals surface area (Å²) in [5.74, 6) is 0.819. The van der Waals surface area contributed by atoms with Crippen molar-refractivity contribution in [3.8, 4) is 0 Å². The largest absolute Gasteiger partial charge is 0.334 e. The number of hydrogen-bond acceptors (Lipinski definition) is 2. The van der Waals surface area contributed by atoms with Crippen molar-refractivity contribution >= 4 is 8.03 Å². The van der Waals surface area contributed by atoms with Gasteiger partial charge in [-0.05, 0) is 18.8 Å². The van der Waals surface area contributed by atoms with E-state index in [9.17, 15) is 4.57 Å². The molecule has 15 heavy (non-hydrogen) atoms. The molecule has 2 atom stereocenters. The Bertz CT molecular complexity index is 188. The molecule has 0 N–H and O–H groups in total. The summed E-state index contributed by atoms with van der Waals surface area (Å²) in [6.07, 6.45) is 10.2. The minimum Gasteiger partial charge on any atom is -0.334 e. The highest BCUT2D eigenvalue weighted by atomic mass is 31.1. The van der Waals surface area contributed by atoms with Crippen LogP contribution in [-0.2, 0) is 9.09 Å². The smallest absolute Gasteiger partial charge is 0.194 e. The maximum Gasteiger partial charge on any atom is 0.194 e. The molecule has 0 radical (unpaired) electrons. The van der Waals surface area contributed by atoms with Crippen molar-refractivity contribution in [1.82, 2.24) is 0 Å². The molecule has 0 aromatic carbocycles. The second-order valence-electron chi connectivity index (χ2n) is 4.75. The average Bonchev–Trinajstić information content (AvgIpc) is 2.29. The van der Waals surface area contributed by atoms with Gasteiger partial charge in [0.05, 0.1) is 0 Å². The lowest BCUT2D eigenvalue weighted by molar-refractivity contribution is 0.319. The van der Waals surface area contributed by atoms with E-state index in [0.717, 1.165) is 25.2 Å². The summed E-state index contributed by atoms with van der Waals surface area (Å²) < 4.78 is 16.8. The van der Waals surface area contributed by atoms with Crippen LogP contribution in [0.2, 0.25) is 0 Å². The van der Waals surface area contributed by atoms with Crippen LogP contribution >= 0.6 is 8.03 Å². The molecular formula is C12H25O2P. The third-order valence-corrected chi connectivity index (χ3v) is 5.11. The Morgan fingerprint density at radius 2 is 2.00 bits per heavy atom. The van der Waals surface area contributed by atoms with E-state index in [1.165, 1.54) is 32.1 Å². The third kappa shape index (κ3) is 4.70. The SMILES string of the molecule is CCCC(CC1CCCCC1)[PH](=O)OC. The van der Waals surface area contributed by atoms with Gasteiger partial charge in [0.25, 0.3) is 0 Å². The molecule has 1 saturated carbocycles. The molecule has 0 heterocycles. The van der Waals surface area contributed by atoms with Crippen LogP contribution in [0.4, 0.5) is 0 Å². The van der Waals surface area contributed by atoms with Crippen molar-refractivity contribution in [2.75, 3.05) is 7.11 Å². The Hall–Kier alpha value is 0.190. The summed E-state index contributed by atoms with van der Waals surface area (Å²) in [6, 6.07) is 0. The van der Waals surface area contributed by atoms with E-state index in [4.69, 9.17) is 4.52 Å². The van der Waals surface area contributed by atoms with Crippen LogP contribution in [0.25, 0.3) is 0 Å². The van der Waals surface area contributed by atoms with Crippen LogP contribution < -0.4 is 0 Å². The molecule has 0 aromatic heterocycles. The molecule has 0 saturated heterocycles. The second-order valence-corrected chi connectivity index (χ2v) is 6.61. The monoisotopic (exact) mass is 232 g/mol. The van der Waals surface area contributed by atoms with Gasteiger partial charge in [0.15, 0.2) is 8.03 Å². The summed E-state index contributed by atoms with van der Waals surface area (Å²) in [6.45, 7) is 2.17. The van der Waals surface area contributed by atoms with Gasteiger partial charge >= 0.3 is 0 Å². The first-order valence-electron chi connectivity index (χ1n) is 6.35. The topological polar surface area (TPSA) is 26.3 Å². The maximum absolute atomic E-state index is 11.7. The van der Waals surface area contributed by atoms with Crippen molar-refractivity contribution < 1.29 is 9.09 Å². The van der Waals surface area contributed by atoms with Gasteiger partial charge in [0.1, 0.15) is 0 Å². The van der Waals surface area contributed by atoms with Crippen molar-refractivity contribution in [3.63, 3.8) is 0 Å². The molecule has 1 aliphatic rings. The summed E-state index contributed by atoms with van der Waals surface area (Å²) >= 11 is 0. The zero-order valence-electron chi connectivity index (χ0n) is 10.1. The first kappa shape index (κ1) is 13.3. The Kier molecular flexibility index (Phi) is 6.59. The molecule has 1 rings (SSSR count). The number of rotatable bonds is 6. The van der Waals surface area contributed by atoms with Gasteiger partial charge in [-0.15, -0.1) is 0 Å². The summed E-state index contributed by atoms with van der Waals surface area (Å²) in [5.41, 5.74) is 0.341. The Morgan fingerprint density at radius 1 is 1.33 bits per heavy atom. The molecular weight excluding hydrogens is 207 g/mol. The van der Waals surface area contributed by atoms with Gasteiger partial charge in [-0.2, -0.15) is 0 Å². The minimum absolute atomic E-state index is 0.341. The van der Waals surface area contributed by atoms with Crippen LogP contribution in [-0.4, -0.2) is 12.8 Å². The number of hydrogen-bond donors (Lipinski definition) is 0. The lowest BCUT2D eigenvalue weighted by atomic mass is 9.85. The van der Waals surface area contributed by atoms with Crippen LogP contribution in [0, 0.1) is 5.92 Å². The molecule has 0 amide bonds. The Balaban J connectivity index is 2.38. The van der Waals surface area contributed by atoms with Crippen molar-refractivity contribution in [1.29, 1.82) is 0 Å². The Morgan fingerprint density at radius 3 is 2.53 bits per heavy atom. The van der Waals surface area contributed by atoms with Gasteiger partial charge in [0.2, 0.25) is 0 Å². The predicted molar refractivity (Wildman–Crippen MR) is 65.9 cm³/mol. The molecule has 0 aliphatic heterocycles. The van der Waals surface area contributed by atoms with Crippen molar-refractivity contribution in [2.45, 2.75) is 63.9 Å². The quantitative estimate of drug-likeness (QED) is 0.640. The van der Waals surface area contributed by atoms with E-state index in [1.807, 2.05) is 0 Å². The lowest BCUT2D eigenvalue weighted by Crippen LogP contribution is -2.14. The molecule has 0 aromatic rings. The van der Waals surface area contributed by atoms with E-state index in [1.54, 1.807) is 7.11 Å². The van der Waals surface area contributed by atoms with Gasteiger partial charge in [0, 0.05) is 12.8 Å². The van der Waals surface area contributed by atoms with Gasteiger partial charge in [-0.3, -0.25) is 4.57 Å². The molecule has 2 unspecified atom stereocenters. The molecule has 3 heteroatoms. The van der Waals surface area contributed by atoms with Gasteiger partial charge in [-0.25, -0.2) is 0 Å². The van der Waals surface area contributed by atoms with Gasteiger partial charge in [-0.1, -0.05) is 45.4 Å². The van der Waals surface area contributed by atoms with E-state index in [-0.39, 0.29) is 0 Å². The van der Waals surface area contributed by atoms with Gasteiger partial charge < -0.3 is 4.52 Å². The minimum atomic E-state index is -1.78. The zero-order valence-corrected chi connectivity index (χ0v) is 11.1. The first-order chi connectivity index (χ1) is 7.27. The van der Waals surface area contributed by atoms with E-state index in [2.05, 4.69) is 6.92 Å². The van der Waals surface area contributed by atoms with Crippen LogP contribution in [0.5, 0.6) is 0 Å². The van der Waals surface area contributed by atoms with Crippen molar-refractivity contribution in [3.05, 3.63) is 0 Å². The first-order valence-corrected chi connectivity index (χ1v) is 7.75. The maximum atomic E-state index is 11.7. The summed E-state index contributed by atoms with van der Waals surface area (Å²) in [4.78, 5) is 0. The normalized spacial score (nSPS) is 22.5. The molecule has 2 nitrogen and oxygen atoms in total. The van der Waals surface area contributed by atoms with E-state index < -0.39 is 8.03 Å². The molecule has 0 spiro atoms. The molecule has 1 fully saturated rings. The summed E-state index contributed by atoms with van der Waals surface area (Å²) in [5, 5.41) is 0. The Labute approximate surface area is 94.7 Å². The molecule has 0 bridgehead atoms. The predicted octanol–water partition coefficient (Wildman–Crippen LogP) is 4.25. The van der Waals surface area contributed by atoms with Crippen LogP contribution in [0.1, 0.15) is 58.3 Å². The lowest BCUT2D eigenvalue weighted by Gasteiger charge is -2.25. The highest BCUT2D eigenvalue weighted by molar-refractivity contribution is 7.40. The summed E-state index contributed by atoms with van der Waals surface area (Å²) in [7, 11) is -0.191. The average molecular weight is 232 g/mol. The van der Waals surface area contributed by atoms with E-state index in [0.29, 0.717) is 5.66 Å². The highest BCUT2D eigenvalue weighted by Crippen LogP contribution is 2.39. The van der Waals surface area contributed by atoms with E-state index >= 15 is 0 Å². The highest BCUT2D eigenvalue weighted by Gasteiger charge is 2.22. The zero-order chi connectivity index (χ0) is 11.1. The van der Waals surface area contributed by atoms with Crippen molar-refractivity contribution in [2.24, 2.45) is 5.92 Å². The fourth-order valence-corrected chi connectivity index (χ4v) is 4.06. The fourth-order valence-electron chi connectivity index (χ4n) is 2.67. The standard InChI is InChI=1S/C12H25O2P/c1-3-7-12(15(13)14-2)10-11-8-5-4-6-9-11/h11-12,15H,3-10H2,1-2H3. The molecule has 90 valence electrons. The molecule has 1 aliphatic carbocycles.